The summed E-state index contributed by atoms with van der Waals surface area (Å²) in [5, 5.41) is 6.16. The molecule has 0 saturated carbocycles. The fraction of sp³-hybridized carbons (Fsp3) is 0. The molecule has 0 aromatic carbocycles. The van der Waals surface area contributed by atoms with Gasteiger partial charge in [0.15, 0.2) is 0 Å². The Kier molecular flexibility index (Phi) is 2.68. The Labute approximate surface area is 124 Å². The molecule has 0 radical (unpaired) electrons. The molecular weight excluding hydrogens is 284 g/mol. The maximum atomic E-state index is 12.0. The molecule has 1 aliphatic heterocycles. The van der Waals surface area contributed by atoms with Gasteiger partial charge in [-0.1, -0.05) is 6.07 Å². The van der Waals surface area contributed by atoms with Crippen molar-refractivity contribution in [1.82, 2.24) is 15.0 Å². The third-order valence-corrected chi connectivity index (χ3v) is 4.14. The van der Waals surface area contributed by atoms with Crippen molar-refractivity contribution < 1.29 is 4.79 Å². The van der Waals surface area contributed by atoms with Gasteiger partial charge >= 0.3 is 0 Å². The number of nitrogens with zero attached hydrogens (tertiary/aromatic N) is 3. The number of fused-ring (bicyclic) bond motifs is 3. The Morgan fingerprint density at radius 2 is 2.19 bits per heavy atom. The third kappa shape index (κ3) is 1.88. The van der Waals surface area contributed by atoms with E-state index in [9.17, 15) is 4.79 Å². The molecule has 1 N–H and O–H groups in total. The highest BCUT2D eigenvalue weighted by molar-refractivity contribution is 7.12. The van der Waals surface area contributed by atoms with E-state index in [2.05, 4.69) is 15.5 Å². The van der Waals surface area contributed by atoms with E-state index in [0.29, 0.717) is 4.88 Å². The molecule has 0 saturated heterocycles. The second kappa shape index (κ2) is 4.68. The van der Waals surface area contributed by atoms with Gasteiger partial charge < -0.3 is 0 Å². The lowest BCUT2D eigenvalue weighted by molar-refractivity contribution is 0.0959. The fourth-order valence-electron chi connectivity index (χ4n) is 2.36. The van der Waals surface area contributed by atoms with Crippen molar-refractivity contribution in [3.8, 4) is 5.82 Å². The third-order valence-electron chi connectivity index (χ3n) is 3.28. The second-order valence-electron chi connectivity index (χ2n) is 4.52. The van der Waals surface area contributed by atoms with Crippen molar-refractivity contribution in [2.45, 2.75) is 0 Å². The Balaban J connectivity index is 1.72. The number of hydrazone groups is 1. The molecule has 5 nitrogen and oxygen atoms in total. The van der Waals surface area contributed by atoms with E-state index < -0.39 is 0 Å². The van der Waals surface area contributed by atoms with Crippen molar-refractivity contribution >= 4 is 23.0 Å². The van der Waals surface area contributed by atoms with Crippen molar-refractivity contribution in [1.29, 1.82) is 0 Å². The van der Waals surface area contributed by atoms with Gasteiger partial charge in [-0.25, -0.2) is 10.4 Å². The molecule has 4 heterocycles. The Morgan fingerprint density at radius 3 is 3.05 bits per heavy atom. The van der Waals surface area contributed by atoms with E-state index in [1.165, 1.54) is 11.3 Å². The summed E-state index contributed by atoms with van der Waals surface area (Å²) in [5.41, 5.74) is 5.19. The summed E-state index contributed by atoms with van der Waals surface area (Å²) in [7, 11) is 0. The molecule has 0 fully saturated rings. The Bertz CT molecular complexity index is 848. The molecule has 0 aliphatic carbocycles. The van der Waals surface area contributed by atoms with Gasteiger partial charge in [0, 0.05) is 18.0 Å². The number of pyridine rings is 1. The van der Waals surface area contributed by atoms with Crippen LogP contribution in [-0.4, -0.2) is 21.2 Å². The molecule has 0 bridgehead atoms. The van der Waals surface area contributed by atoms with E-state index in [-0.39, 0.29) is 5.91 Å². The van der Waals surface area contributed by atoms with Gasteiger partial charge in [0.2, 0.25) is 0 Å². The van der Waals surface area contributed by atoms with Crippen molar-refractivity contribution in [3.63, 3.8) is 0 Å². The monoisotopic (exact) mass is 294 g/mol. The molecule has 1 amide bonds. The number of carbonyl (C=O) groups excluding carboxylic acids is 1. The van der Waals surface area contributed by atoms with Crippen LogP contribution in [0.15, 0.2) is 59.3 Å². The van der Waals surface area contributed by atoms with Crippen LogP contribution in [0.25, 0.3) is 5.82 Å². The average Bonchev–Trinajstić information content (AvgIpc) is 3.23. The molecule has 0 spiro atoms. The van der Waals surface area contributed by atoms with Gasteiger partial charge in [-0.3, -0.25) is 9.36 Å². The number of rotatable bonds is 2. The zero-order valence-corrected chi connectivity index (χ0v) is 11.7. The number of nitrogens with one attached hydrogen (secondary N) is 1. The summed E-state index contributed by atoms with van der Waals surface area (Å²) in [4.78, 5) is 17.0. The van der Waals surface area contributed by atoms with E-state index in [0.717, 1.165) is 22.8 Å². The summed E-state index contributed by atoms with van der Waals surface area (Å²) in [6, 6.07) is 11.3. The first kappa shape index (κ1) is 12.0. The number of hydrogen-bond donors (Lipinski definition) is 1. The SMILES string of the molecule is O=C(N/N=C1/c2cccnc2-n2cccc21)c1cccs1. The summed E-state index contributed by atoms with van der Waals surface area (Å²) in [5.74, 6) is 0.634. The molecule has 102 valence electrons. The summed E-state index contributed by atoms with van der Waals surface area (Å²) < 4.78 is 1.96. The predicted molar refractivity (Wildman–Crippen MR) is 81.0 cm³/mol. The van der Waals surface area contributed by atoms with Crippen molar-refractivity contribution in [3.05, 3.63) is 70.3 Å². The molecule has 3 aromatic heterocycles. The van der Waals surface area contributed by atoms with E-state index in [1.54, 1.807) is 12.3 Å². The highest BCUT2D eigenvalue weighted by Crippen LogP contribution is 2.26. The summed E-state index contributed by atoms with van der Waals surface area (Å²) >= 11 is 1.39. The topological polar surface area (TPSA) is 59.3 Å². The van der Waals surface area contributed by atoms with Crippen molar-refractivity contribution in [2.75, 3.05) is 0 Å². The molecule has 4 rings (SSSR count). The molecule has 0 unspecified atom stereocenters. The van der Waals surface area contributed by atoms with Crippen LogP contribution >= 0.6 is 11.3 Å². The average molecular weight is 294 g/mol. The maximum Gasteiger partial charge on any atom is 0.281 e. The van der Waals surface area contributed by atoms with Crippen molar-refractivity contribution in [2.24, 2.45) is 5.10 Å². The number of hydrogen-bond acceptors (Lipinski definition) is 4. The lowest BCUT2D eigenvalue weighted by Gasteiger charge is -2.00. The lowest BCUT2D eigenvalue weighted by Crippen LogP contribution is -2.18. The van der Waals surface area contributed by atoms with Gasteiger partial charge in [0.25, 0.3) is 5.91 Å². The zero-order chi connectivity index (χ0) is 14.2. The normalized spacial score (nSPS) is 14.0. The van der Waals surface area contributed by atoms with Gasteiger partial charge in [-0.2, -0.15) is 5.10 Å². The Morgan fingerprint density at radius 1 is 1.24 bits per heavy atom. The highest BCUT2D eigenvalue weighted by atomic mass is 32.1. The first-order chi connectivity index (χ1) is 10.3. The van der Waals surface area contributed by atoms with Crippen LogP contribution in [0.3, 0.4) is 0 Å². The summed E-state index contributed by atoms with van der Waals surface area (Å²) in [6.45, 7) is 0. The quantitative estimate of drug-likeness (QED) is 0.577. The molecule has 6 heteroatoms. The minimum absolute atomic E-state index is 0.201. The minimum atomic E-state index is -0.201. The molecule has 0 atom stereocenters. The van der Waals surface area contributed by atoms with Crippen LogP contribution in [0.5, 0.6) is 0 Å². The molecular formula is C15H10N4OS. The smallest absolute Gasteiger partial charge is 0.281 e. The first-order valence-corrected chi connectivity index (χ1v) is 7.27. The van der Waals surface area contributed by atoms with E-state index in [4.69, 9.17) is 0 Å². The molecule has 21 heavy (non-hydrogen) atoms. The minimum Gasteiger partial charge on any atom is -0.299 e. The standard InChI is InChI=1S/C15H10N4OS/c20-15(12-6-3-9-21-12)18-17-13-10-4-1-7-16-14(10)19-8-2-5-11(13)19/h1-9H,(H,18,20)/b17-13-. The fourth-order valence-corrected chi connectivity index (χ4v) is 2.97. The van der Waals surface area contributed by atoms with Gasteiger partial charge in [0.05, 0.1) is 10.6 Å². The maximum absolute atomic E-state index is 12.0. The van der Waals surface area contributed by atoms with Gasteiger partial charge in [-0.05, 0) is 35.7 Å². The van der Waals surface area contributed by atoms with Crippen LogP contribution in [0, 0.1) is 0 Å². The zero-order valence-electron chi connectivity index (χ0n) is 10.9. The van der Waals surface area contributed by atoms with Gasteiger partial charge in [-0.15, -0.1) is 11.3 Å². The lowest BCUT2D eigenvalue weighted by atomic mass is 10.1. The van der Waals surface area contributed by atoms with E-state index >= 15 is 0 Å². The van der Waals surface area contributed by atoms with Crippen LogP contribution in [-0.2, 0) is 0 Å². The number of thiophene rings is 1. The molecule has 1 aliphatic rings. The Hall–Kier alpha value is -2.73. The number of amides is 1. The molecule has 3 aromatic rings. The van der Waals surface area contributed by atoms with Crippen LogP contribution in [0.2, 0.25) is 0 Å². The van der Waals surface area contributed by atoms with Crippen LogP contribution in [0.4, 0.5) is 0 Å². The number of carbonyl (C=O) groups is 1. The summed E-state index contributed by atoms with van der Waals surface area (Å²) in [6.07, 6.45) is 3.68. The predicted octanol–water partition coefficient (Wildman–Crippen LogP) is 2.43. The van der Waals surface area contributed by atoms with Crippen LogP contribution < -0.4 is 5.43 Å². The highest BCUT2D eigenvalue weighted by Gasteiger charge is 2.25. The largest absolute Gasteiger partial charge is 0.299 e. The number of aromatic nitrogens is 2. The first-order valence-electron chi connectivity index (χ1n) is 6.39. The van der Waals surface area contributed by atoms with E-state index in [1.807, 2.05) is 46.5 Å². The van der Waals surface area contributed by atoms with Crippen LogP contribution in [0.1, 0.15) is 20.9 Å². The second-order valence-corrected chi connectivity index (χ2v) is 5.46. The van der Waals surface area contributed by atoms with Gasteiger partial charge in [0.1, 0.15) is 11.5 Å².